The summed E-state index contributed by atoms with van der Waals surface area (Å²) >= 11 is 0. The molecule has 0 unspecified atom stereocenters. The smallest absolute Gasteiger partial charge is 0.211 e. The van der Waals surface area contributed by atoms with Crippen LogP contribution < -0.4 is 5.32 Å². The predicted octanol–water partition coefficient (Wildman–Crippen LogP) is 2.26. The van der Waals surface area contributed by atoms with Gasteiger partial charge in [0.15, 0.2) is 0 Å². The maximum atomic E-state index is 10.4. The first-order valence-corrected chi connectivity index (χ1v) is 4.49. The number of phenols is 1. The molecule has 1 aromatic rings. The summed E-state index contributed by atoms with van der Waals surface area (Å²) in [5.41, 5.74) is 1.55. The van der Waals surface area contributed by atoms with Crippen molar-refractivity contribution in [3.05, 3.63) is 23.8 Å². The number of hydrogen-bond donors (Lipinski definition) is 2. The van der Waals surface area contributed by atoms with Crippen LogP contribution in [-0.4, -0.2) is 11.5 Å². The number of amides is 1. The molecule has 76 valence electrons. The van der Waals surface area contributed by atoms with E-state index in [1.807, 2.05) is 20.8 Å². The summed E-state index contributed by atoms with van der Waals surface area (Å²) < 4.78 is 0. The number of benzene rings is 1. The summed E-state index contributed by atoms with van der Waals surface area (Å²) in [7, 11) is 0. The van der Waals surface area contributed by atoms with Crippen LogP contribution in [0.4, 0.5) is 5.69 Å². The molecule has 0 aliphatic carbocycles. The summed E-state index contributed by atoms with van der Waals surface area (Å²) in [6, 6.07) is 4.93. The Kier molecular flexibility index (Phi) is 2.79. The van der Waals surface area contributed by atoms with Crippen LogP contribution >= 0.6 is 0 Å². The number of carbonyl (C=O) groups excluding carboxylic acids is 1. The van der Waals surface area contributed by atoms with Gasteiger partial charge in [-0.25, -0.2) is 0 Å². The van der Waals surface area contributed by atoms with Crippen LogP contribution in [0.1, 0.15) is 26.3 Å². The van der Waals surface area contributed by atoms with E-state index in [2.05, 4.69) is 5.32 Å². The minimum atomic E-state index is -0.107. The molecule has 14 heavy (non-hydrogen) atoms. The standard InChI is InChI=1S/C11H15NO2/c1-11(2,3)9-6-8(14)4-5-10(9)12-7-13/h4-7,14H,1-3H3,(H,12,13). The van der Waals surface area contributed by atoms with Crippen LogP contribution in [0.25, 0.3) is 0 Å². The van der Waals surface area contributed by atoms with Gasteiger partial charge in [-0.1, -0.05) is 20.8 Å². The van der Waals surface area contributed by atoms with E-state index in [1.165, 1.54) is 0 Å². The molecule has 0 heterocycles. The van der Waals surface area contributed by atoms with Crippen LogP contribution in [0.5, 0.6) is 5.75 Å². The Morgan fingerprint density at radius 2 is 2.00 bits per heavy atom. The number of aromatic hydroxyl groups is 1. The summed E-state index contributed by atoms with van der Waals surface area (Å²) in [5, 5.41) is 12.0. The second kappa shape index (κ2) is 3.70. The predicted molar refractivity (Wildman–Crippen MR) is 56.5 cm³/mol. The van der Waals surface area contributed by atoms with Crippen molar-refractivity contribution in [3.63, 3.8) is 0 Å². The molecule has 0 saturated heterocycles. The van der Waals surface area contributed by atoms with Crippen molar-refractivity contribution in [2.45, 2.75) is 26.2 Å². The van der Waals surface area contributed by atoms with Gasteiger partial charge < -0.3 is 10.4 Å². The third-order valence-electron chi connectivity index (χ3n) is 2.03. The average molecular weight is 193 g/mol. The minimum absolute atomic E-state index is 0.107. The highest BCUT2D eigenvalue weighted by atomic mass is 16.3. The van der Waals surface area contributed by atoms with Crippen molar-refractivity contribution in [1.29, 1.82) is 0 Å². The Hall–Kier alpha value is -1.51. The number of nitrogens with one attached hydrogen (secondary N) is 1. The zero-order valence-corrected chi connectivity index (χ0v) is 8.66. The van der Waals surface area contributed by atoms with Gasteiger partial charge in [0.05, 0.1) is 0 Å². The fourth-order valence-corrected chi connectivity index (χ4v) is 1.34. The molecule has 0 bridgehead atoms. The zero-order chi connectivity index (χ0) is 10.8. The lowest BCUT2D eigenvalue weighted by molar-refractivity contribution is -0.105. The van der Waals surface area contributed by atoms with Crippen LogP contribution in [-0.2, 0) is 10.2 Å². The molecule has 1 aromatic carbocycles. The fraction of sp³-hybridized carbons (Fsp3) is 0.364. The highest BCUT2D eigenvalue weighted by Crippen LogP contribution is 2.31. The van der Waals surface area contributed by atoms with Crippen LogP contribution in [0, 0.1) is 0 Å². The van der Waals surface area contributed by atoms with Crippen LogP contribution in [0.15, 0.2) is 18.2 Å². The highest BCUT2D eigenvalue weighted by Gasteiger charge is 2.18. The average Bonchev–Trinajstić information content (AvgIpc) is 2.07. The molecule has 0 aliphatic heterocycles. The molecule has 1 rings (SSSR count). The Labute approximate surface area is 83.8 Å². The molecule has 0 saturated carbocycles. The van der Waals surface area contributed by atoms with E-state index < -0.39 is 0 Å². The van der Waals surface area contributed by atoms with E-state index in [4.69, 9.17) is 0 Å². The monoisotopic (exact) mass is 193 g/mol. The second-order valence-electron chi connectivity index (χ2n) is 4.24. The normalized spacial score (nSPS) is 11.1. The Morgan fingerprint density at radius 1 is 1.36 bits per heavy atom. The number of anilines is 1. The second-order valence-corrected chi connectivity index (χ2v) is 4.24. The molecule has 0 aliphatic rings. The molecule has 2 N–H and O–H groups in total. The van der Waals surface area contributed by atoms with Crippen molar-refractivity contribution in [3.8, 4) is 5.75 Å². The number of rotatable bonds is 2. The molecule has 0 aromatic heterocycles. The van der Waals surface area contributed by atoms with Crippen LogP contribution in [0.3, 0.4) is 0 Å². The number of hydrogen-bond acceptors (Lipinski definition) is 2. The van der Waals surface area contributed by atoms with Gasteiger partial charge in [0.2, 0.25) is 6.41 Å². The molecule has 0 atom stereocenters. The SMILES string of the molecule is CC(C)(C)c1cc(O)ccc1NC=O. The summed E-state index contributed by atoms with van der Waals surface area (Å²) in [4.78, 5) is 10.4. The Morgan fingerprint density at radius 3 is 2.50 bits per heavy atom. The molecular weight excluding hydrogens is 178 g/mol. The number of phenolic OH excluding ortho intramolecular Hbond substituents is 1. The highest BCUT2D eigenvalue weighted by molar-refractivity contribution is 5.74. The van der Waals surface area contributed by atoms with Gasteiger partial charge in [-0.3, -0.25) is 4.79 Å². The van der Waals surface area contributed by atoms with E-state index in [-0.39, 0.29) is 11.2 Å². The summed E-state index contributed by atoms with van der Waals surface area (Å²) in [5.74, 6) is 0.214. The van der Waals surface area contributed by atoms with E-state index in [9.17, 15) is 9.90 Å². The first-order chi connectivity index (χ1) is 6.45. The van der Waals surface area contributed by atoms with E-state index in [0.29, 0.717) is 6.41 Å². The first-order valence-electron chi connectivity index (χ1n) is 4.49. The van der Waals surface area contributed by atoms with Gasteiger partial charge in [0.25, 0.3) is 0 Å². The quantitative estimate of drug-likeness (QED) is 0.559. The van der Waals surface area contributed by atoms with Crippen LogP contribution in [0.2, 0.25) is 0 Å². The van der Waals surface area contributed by atoms with Gasteiger partial charge in [0, 0.05) is 5.69 Å². The fourth-order valence-electron chi connectivity index (χ4n) is 1.34. The third kappa shape index (κ3) is 2.25. The Balaban J connectivity index is 3.22. The van der Waals surface area contributed by atoms with Gasteiger partial charge in [0.1, 0.15) is 5.75 Å². The first kappa shape index (κ1) is 10.6. The molecule has 3 heteroatoms. The summed E-state index contributed by atoms with van der Waals surface area (Å²) in [6.45, 7) is 6.08. The molecule has 1 amide bonds. The van der Waals surface area contributed by atoms with E-state index in [0.717, 1.165) is 11.3 Å². The summed E-state index contributed by atoms with van der Waals surface area (Å²) in [6.07, 6.45) is 0.640. The van der Waals surface area contributed by atoms with Gasteiger partial charge >= 0.3 is 0 Å². The van der Waals surface area contributed by atoms with Crippen molar-refractivity contribution in [1.82, 2.24) is 0 Å². The van der Waals surface area contributed by atoms with E-state index >= 15 is 0 Å². The molecule has 3 nitrogen and oxygen atoms in total. The molecular formula is C11H15NO2. The zero-order valence-electron chi connectivity index (χ0n) is 8.66. The molecule has 0 spiro atoms. The number of carbonyl (C=O) groups is 1. The minimum Gasteiger partial charge on any atom is -0.508 e. The van der Waals surface area contributed by atoms with Gasteiger partial charge in [-0.15, -0.1) is 0 Å². The largest absolute Gasteiger partial charge is 0.508 e. The maximum absolute atomic E-state index is 10.4. The molecule has 0 radical (unpaired) electrons. The van der Waals surface area contributed by atoms with Gasteiger partial charge in [-0.2, -0.15) is 0 Å². The lowest BCUT2D eigenvalue weighted by atomic mass is 9.85. The van der Waals surface area contributed by atoms with Gasteiger partial charge in [-0.05, 0) is 29.2 Å². The molecule has 0 fully saturated rings. The van der Waals surface area contributed by atoms with Crippen molar-refractivity contribution in [2.24, 2.45) is 0 Å². The van der Waals surface area contributed by atoms with Crippen molar-refractivity contribution in [2.75, 3.05) is 5.32 Å². The maximum Gasteiger partial charge on any atom is 0.211 e. The topological polar surface area (TPSA) is 49.3 Å². The van der Waals surface area contributed by atoms with Crippen molar-refractivity contribution >= 4 is 12.1 Å². The Bertz CT molecular complexity index is 340. The van der Waals surface area contributed by atoms with Crippen molar-refractivity contribution < 1.29 is 9.90 Å². The van der Waals surface area contributed by atoms with E-state index in [1.54, 1.807) is 18.2 Å². The lowest BCUT2D eigenvalue weighted by Crippen LogP contribution is -2.14. The third-order valence-corrected chi connectivity index (χ3v) is 2.03. The lowest BCUT2D eigenvalue weighted by Gasteiger charge is -2.22.